The maximum Gasteiger partial charge on any atom is 0.280 e. The number of thiazole rings is 1. The average molecular weight is 404 g/mol. The highest BCUT2D eigenvalue weighted by Gasteiger charge is 2.20. The minimum absolute atomic E-state index is 0.0918. The fourth-order valence-electron chi connectivity index (χ4n) is 3.82. The summed E-state index contributed by atoms with van der Waals surface area (Å²) < 4.78 is 0. The van der Waals surface area contributed by atoms with Gasteiger partial charge in [0.1, 0.15) is 12.0 Å². The standard InChI is InChI=1S/C22H21N5OS/c1-13(26-21(28)22-27-17-4-2-3-5-18(17)29-22)14-6-8-15(9-7-14)19-16-10-11-23-20(16)25-12-24-19/h6-13H,2-5H2,1H3,(H,26,28)(H,23,24,25)/t13-/m1/s1. The SMILES string of the molecule is C[C@@H](NC(=O)c1nc2c(s1)CCCC2)c1ccc(-c2ncnc3[nH]ccc23)cc1. The Bertz CT molecular complexity index is 1150. The predicted molar refractivity (Wildman–Crippen MR) is 114 cm³/mol. The van der Waals surface area contributed by atoms with Crippen LogP contribution in [-0.4, -0.2) is 25.8 Å². The number of H-pyrrole nitrogens is 1. The Morgan fingerprint density at radius 3 is 2.79 bits per heavy atom. The molecule has 1 atom stereocenters. The Kier molecular flexibility index (Phi) is 4.60. The molecule has 0 radical (unpaired) electrons. The van der Waals surface area contributed by atoms with Gasteiger partial charge in [0.2, 0.25) is 0 Å². The molecule has 0 bridgehead atoms. The number of hydrogen-bond donors (Lipinski definition) is 2. The van der Waals surface area contributed by atoms with E-state index in [1.807, 2.05) is 43.5 Å². The van der Waals surface area contributed by atoms with Crippen molar-refractivity contribution < 1.29 is 4.79 Å². The first-order chi connectivity index (χ1) is 14.2. The highest BCUT2D eigenvalue weighted by Crippen LogP contribution is 2.28. The molecule has 2 N–H and O–H groups in total. The molecule has 3 aromatic heterocycles. The molecule has 3 heterocycles. The van der Waals surface area contributed by atoms with Crippen molar-refractivity contribution in [3.05, 3.63) is 64.0 Å². The van der Waals surface area contributed by atoms with E-state index < -0.39 is 0 Å². The number of aryl methyl sites for hydroxylation is 2. The molecule has 0 aliphatic heterocycles. The highest BCUT2D eigenvalue weighted by atomic mass is 32.1. The van der Waals surface area contributed by atoms with Gasteiger partial charge in [0.05, 0.1) is 17.4 Å². The highest BCUT2D eigenvalue weighted by molar-refractivity contribution is 7.13. The fourth-order valence-corrected chi connectivity index (χ4v) is 4.88. The number of carbonyl (C=O) groups excluding carboxylic acids is 1. The van der Waals surface area contributed by atoms with Crippen LogP contribution in [0.3, 0.4) is 0 Å². The molecule has 0 spiro atoms. The first-order valence-corrected chi connectivity index (χ1v) is 10.7. The number of nitrogens with zero attached hydrogens (tertiary/aromatic N) is 3. The number of nitrogens with one attached hydrogen (secondary N) is 2. The lowest BCUT2D eigenvalue weighted by Gasteiger charge is -2.14. The Balaban J connectivity index is 1.32. The van der Waals surface area contributed by atoms with Crippen LogP contribution >= 0.6 is 11.3 Å². The third-order valence-corrected chi connectivity index (χ3v) is 6.58. The van der Waals surface area contributed by atoms with Crippen LogP contribution in [0.1, 0.15) is 51.7 Å². The third kappa shape index (κ3) is 3.42. The Hall–Kier alpha value is -3.06. The van der Waals surface area contributed by atoms with Gasteiger partial charge in [-0.3, -0.25) is 4.79 Å². The van der Waals surface area contributed by atoms with Gasteiger partial charge in [-0.2, -0.15) is 0 Å². The number of aromatic amines is 1. The molecule has 4 aromatic rings. The van der Waals surface area contributed by atoms with E-state index in [1.54, 1.807) is 17.7 Å². The maximum atomic E-state index is 12.7. The van der Waals surface area contributed by atoms with Crippen molar-refractivity contribution in [2.75, 3.05) is 0 Å². The van der Waals surface area contributed by atoms with Crippen LogP contribution in [0.5, 0.6) is 0 Å². The van der Waals surface area contributed by atoms with Crippen molar-refractivity contribution in [2.45, 2.75) is 38.6 Å². The number of carbonyl (C=O) groups is 1. The molecule has 146 valence electrons. The van der Waals surface area contributed by atoms with Gasteiger partial charge < -0.3 is 10.3 Å². The quantitative estimate of drug-likeness (QED) is 0.527. The summed E-state index contributed by atoms with van der Waals surface area (Å²) in [5, 5.41) is 4.66. The summed E-state index contributed by atoms with van der Waals surface area (Å²) in [5.41, 5.74) is 4.90. The molecule has 5 rings (SSSR count). The molecule has 6 nitrogen and oxygen atoms in total. The third-order valence-electron chi connectivity index (χ3n) is 5.43. The van der Waals surface area contributed by atoms with Crippen molar-refractivity contribution >= 4 is 28.3 Å². The van der Waals surface area contributed by atoms with Gasteiger partial charge in [-0.15, -0.1) is 11.3 Å². The lowest BCUT2D eigenvalue weighted by Crippen LogP contribution is -2.26. The van der Waals surface area contributed by atoms with Crippen LogP contribution in [0.4, 0.5) is 0 Å². The van der Waals surface area contributed by atoms with Gasteiger partial charge >= 0.3 is 0 Å². The van der Waals surface area contributed by atoms with Crippen LogP contribution in [-0.2, 0) is 12.8 Å². The van der Waals surface area contributed by atoms with Crippen molar-refractivity contribution in [2.24, 2.45) is 0 Å². The second-order valence-electron chi connectivity index (χ2n) is 7.38. The predicted octanol–water partition coefficient (Wildman–Crippen LogP) is 4.45. The molecule has 0 unspecified atom stereocenters. The van der Waals surface area contributed by atoms with Gasteiger partial charge in [-0.1, -0.05) is 24.3 Å². The van der Waals surface area contributed by atoms with E-state index >= 15 is 0 Å². The molecule has 0 saturated heterocycles. The van der Waals surface area contributed by atoms with Gasteiger partial charge in [0.25, 0.3) is 5.91 Å². The summed E-state index contributed by atoms with van der Waals surface area (Å²) in [4.78, 5) is 30.3. The summed E-state index contributed by atoms with van der Waals surface area (Å²) in [6, 6.07) is 10.0. The molecule has 0 fully saturated rings. The second kappa shape index (κ2) is 7.40. The van der Waals surface area contributed by atoms with Gasteiger partial charge in [-0.05, 0) is 44.2 Å². The number of aromatic nitrogens is 4. The van der Waals surface area contributed by atoms with Crippen molar-refractivity contribution in [3.63, 3.8) is 0 Å². The number of rotatable bonds is 4. The normalized spacial score (nSPS) is 14.5. The first-order valence-electron chi connectivity index (χ1n) is 9.87. The molecular formula is C22H21N5OS. The molecule has 0 saturated carbocycles. The van der Waals surface area contributed by atoms with Crippen LogP contribution in [0.2, 0.25) is 0 Å². The zero-order valence-corrected chi connectivity index (χ0v) is 16.9. The summed E-state index contributed by atoms with van der Waals surface area (Å²) in [6.45, 7) is 2.00. The lowest BCUT2D eigenvalue weighted by atomic mass is 10.0. The van der Waals surface area contributed by atoms with Crippen LogP contribution < -0.4 is 5.32 Å². The molecule has 29 heavy (non-hydrogen) atoms. The van der Waals surface area contributed by atoms with Crippen LogP contribution in [0.25, 0.3) is 22.3 Å². The fraction of sp³-hybridized carbons (Fsp3) is 0.273. The topological polar surface area (TPSA) is 83.6 Å². The smallest absolute Gasteiger partial charge is 0.280 e. The van der Waals surface area contributed by atoms with E-state index in [-0.39, 0.29) is 11.9 Å². The Morgan fingerprint density at radius 1 is 1.14 bits per heavy atom. The molecule has 1 amide bonds. The number of benzene rings is 1. The molecule has 7 heteroatoms. The summed E-state index contributed by atoms with van der Waals surface area (Å²) in [5.74, 6) is -0.0918. The lowest BCUT2D eigenvalue weighted by molar-refractivity contribution is 0.0939. The van der Waals surface area contributed by atoms with Crippen molar-refractivity contribution in [3.8, 4) is 11.3 Å². The zero-order chi connectivity index (χ0) is 19.8. The van der Waals surface area contributed by atoms with Crippen LogP contribution in [0.15, 0.2) is 42.9 Å². The van der Waals surface area contributed by atoms with Crippen molar-refractivity contribution in [1.29, 1.82) is 0 Å². The first kappa shape index (κ1) is 18.0. The van der Waals surface area contributed by atoms with E-state index in [0.717, 1.165) is 46.4 Å². The molecule has 1 aliphatic carbocycles. The summed E-state index contributed by atoms with van der Waals surface area (Å²) in [6.07, 6.45) is 7.84. The van der Waals surface area contributed by atoms with E-state index in [0.29, 0.717) is 5.01 Å². The monoisotopic (exact) mass is 403 g/mol. The van der Waals surface area contributed by atoms with E-state index in [1.165, 1.54) is 17.7 Å². The zero-order valence-electron chi connectivity index (χ0n) is 16.1. The van der Waals surface area contributed by atoms with E-state index in [9.17, 15) is 4.79 Å². The molecule has 1 aliphatic rings. The second-order valence-corrected chi connectivity index (χ2v) is 8.46. The van der Waals surface area contributed by atoms with Gasteiger partial charge in [0, 0.05) is 22.0 Å². The molecular weight excluding hydrogens is 382 g/mol. The van der Waals surface area contributed by atoms with Crippen LogP contribution in [0, 0.1) is 0 Å². The van der Waals surface area contributed by atoms with Gasteiger partial charge in [-0.25, -0.2) is 15.0 Å². The number of amides is 1. The minimum atomic E-state index is -0.102. The molecule has 1 aromatic carbocycles. The van der Waals surface area contributed by atoms with Gasteiger partial charge in [0.15, 0.2) is 5.01 Å². The summed E-state index contributed by atoms with van der Waals surface area (Å²) >= 11 is 1.54. The summed E-state index contributed by atoms with van der Waals surface area (Å²) in [7, 11) is 0. The Morgan fingerprint density at radius 2 is 1.97 bits per heavy atom. The maximum absolute atomic E-state index is 12.7. The van der Waals surface area contributed by atoms with E-state index in [4.69, 9.17) is 0 Å². The largest absolute Gasteiger partial charge is 0.346 e. The van der Waals surface area contributed by atoms with E-state index in [2.05, 4.69) is 25.3 Å². The van der Waals surface area contributed by atoms with Crippen molar-refractivity contribution in [1.82, 2.24) is 25.3 Å². The Labute approximate surface area is 172 Å². The number of fused-ring (bicyclic) bond motifs is 2. The average Bonchev–Trinajstić information content (AvgIpc) is 3.40. The minimum Gasteiger partial charge on any atom is -0.346 e. The number of hydrogen-bond acceptors (Lipinski definition) is 5.